The summed E-state index contributed by atoms with van der Waals surface area (Å²) in [5.41, 5.74) is 19.5. The molecule has 10 unspecified atom stereocenters. The van der Waals surface area contributed by atoms with Crippen molar-refractivity contribution in [3.63, 3.8) is 0 Å². The third kappa shape index (κ3) is 15.9. The van der Waals surface area contributed by atoms with E-state index in [1.165, 1.54) is 19.3 Å². The maximum Gasteiger partial charge on any atom is 0.397 e. The van der Waals surface area contributed by atoms with Crippen LogP contribution in [0.5, 0.6) is 0 Å². The lowest BCUT2D eigenvalue weighted by Crippen LogP contribution is -2.69. The van der Waals surface area contributed by atoms with E-state index in [1.807, 2.05) is 0 Å². The van der Waals surface area contributed by atoms with E-state index in [9.17, 15) is 88.5 Å². The molecular weight excluding hydrogens is 1100 g/mol. The number of aliphatic hydroxyl groups excluding tert-OH is 6. The second-order valence-electron chi connectivity index (χ2n) is 16.8. The molecule has 73 heavy (non-hydrogen) atoms. The van der Waals surface area contributed by atoms with Gasteiger partial charge < -0.3 is 106 Å². The number of aliphatic hydroxyl groups is 6. The molecule has 0 aliphatic carbocycles. The molecule has 428 valence electrons. The fourth-order valence-corrected chi connectivity index (χ4v) is 9.50. The molecule has 25 atom stereocenters. The number of hydroxylamine groups is 1. The van der Waals surface area contributed by atoms with E-state index < -0.39 is 220 Å². The molecule has 0 spiro atoms. The van der Waals surface area contributed by atoms with Crippen molar-refractivity contribution in [1.82, 2.24) is 5.48 Å². The highest BCUT2D eigenvalue weighted by atomic mass is 32.3. The molecular formula is C31H55N4O34S4-. The van der Waals surface area contributed by atoms with Gasteiger partial charge >= 0.3 is 47.6 Å². The van der Waals surface area contributed by atoms with Crippen molar-refractivity contribution in [3.05, 3.63) is 5.21 Å². The quantitative estimate of drug-likeness (QED) is 0.0375. The van der Waals surface area contributed by atoms with Gasteiger partial charge in [-0.2, -0.15) is 33.7 Å². The van der Waals surface area contributed by atoms with Crippen LogP contribution in [0.25, 0.3) is 0 Å². The molecule has 0 aromatic carbocycles. The van der Waals surface area contributed by atoms with Crippen molar-refractivity contribution in [2.45, 2.75) is 161 Å². The van der Waals surface area contributed by atoms with Crippen LogP contribution in [0.4, 0.5) is 0 Å². The van der Waals surface area contributed by atoms with Crippen molar-refractivity contribution in [3.8, 4) is 0 Å². The Kier molecular flexibility index (Phi) is 20.8. The summed E-state index contributed by atoms with van der Waals surface area (Å²) in [6.07, 6.45) is -43.9. The minimum absolute atomic E-state index is 1.07. The number of aliphatic carboxylic acids is 1. The zero-order valence-electron chi connectivity index (χ0n) is 37.2. The van der Waals surface area contributed by atoms with Crippen LogP contribution in [0.3, 0.4) is 0 Å². The van der Waals surface area contributed by atoms with Gasteiger partial charge in [0.15, 0.2) is 37.4 Å². The first kappa shape index (κ1) is 62.0. The molecule has 0 aromatic heterocycles. The van der Waals surface area contributed by atoms with Gasteiger partial charge in [0.2, 0.25) is 0 Å². The van der Waals surface area contributed by atoms with Gasteiger partial charge in [-0.25, -0.2) is 21.5 Å². The molecule has 0 amide bonds. The average Bonchev–Trinajstić information content (AvgIpc) is 3.27. The zero-order valence-corrected chi connectivity index (χ0v) is 40.5. The smallest absolute Gasteiger partial charge is 0.397 e. The Morgan fingerprint density at radius 2 is 0.986 bits per heavy atom. The molecule has 5 aliphatic rings. The summed E-state index contributed by atoms with van der Waals surface area (Å²) in [5.74, 6) is -3.32. The van der Waals surface area contributed by atoms with Gasteiger partial charge in [-0.15, -0.1) is 0 Å². The fraction of sp³-hybridized carbons (Fsp3) is 0.968. The van der Waals surface area contributed by atoms with Gasteiger partial charge in [-0.3, -0.25) is 18.2 Å². The Labute approximate surface area is 413 Å². The van der Waals surface area contributed by atoms with Crippen LogP contribution in [0, 0.1) is 11.1 Å². The SMILES string of the molecule is C[C@@H]1C(N)[C@@H](O[C@H]2C(O)C(OS(=O)(=O)O)[C@H](O[C@@H]3C(COS(=O)(=O)O)O[C@H](C)C(N)[C@H]3O)O[C@H]2N[O-])OC(COS(=O)(=O)O)[C@H]1O[C@@H]1OC(C(=O)O)[C@@H](O[C@H]2OC(COS(=O)(=O)O)[C@@H](O)[C@H](O)C2N)[C@H](O)C1O. The minimum Gasteiger partial charge on any atom is -0.786 e. The number of nitrogens with one attached hydrogen (secondary N) is 1. The molecule has 5 aliphatic heterocycles. The zero-order chi connectivity index (χ0) is 55.0. The van der Waals surface area contributed by atoms with Gasteiger partial charge in [0.05, 0.1) is 50.2 Å². The van der Waals surface area contributed by atoms with E-state index in [2.05, 4.69) is 16.7 Å². The summed E-state index contributed by atoms with van der Waals surface area (Å²) in [6.45, 7) is -0.999. The summed E-state index contributed by atoms with van der Waals surface area (Å²) in [4.78, 5) is 12.5. The highest BCUT2D eigenvalue weighted by Gasteiger charge is 2.57. The summed E-state index contributed by atoms with van der Waals surface area (Å²) >= 11 is 0. The molecule has 5 heterocycles. The second kappa shape index (κ2) is 24.4. The Balaban J connectivity index is 1.37. The number of hydrogen-bond donors (Lipinski definition) is 15. The van der Waals surface area contributed by atoms with Crippen molar-refractivity contribution in [1.29, 1.82) is 0 Å². The number of rotatable bonds is 21. The monoisotopic (exact) mass is 1160 g/mol. The Morgan fingerprint density at radius 3 is 1.51 bits per heavy atom. The first-order chi connectivity index (χ1) is 33.5. The van der Waals surface area contributed by atoms with Gasteiger partial charge in [-0.1, -0.05) is 6.92 Å². The molecule has 0 aromatic rings. The van der Waals surface area contributed by atoms with Crippen LogP contribution < -0.4 is 22.7 Å². The van der Waals surface area contributed by atoms with E-state index in [4.69, 9.17) is 68.9 Å². The van der Waals surface area contributed by atoms with Crippen LogP contribution in [-0.2, 0) is 106 Å². The molecule has 5 saturated heterocycles. The topological polar surface area (TPSA) is 609 Å². The van der Waals surface area contributed by atoms with Crippen molar-refractivity contribution in [2.24, 2.45) is 23.1 Å². The molecule has 18 N–H and O–H groups in total. The Hall–Kier alpha value is -1.85. The maximum absolute atomic E-state index is 12.5. The Morgan fingerprint density at radius 1 is 0.507 bits per heavy atom. The first-order valence-electron chi connectivity index (χ1n) is 20.9. The number of hydrogen-bond acceptors (Lipinski definition) is 33. The fourth-order valence-electron chi connectivity index (χ4n) is 8.09. The van der Waals surface area contributed by atoms with E-state index in [-0.39, 0.29) is 0 Å². The van der Waals surface area contributed by atoms with Crippen molar-refractivity contribution >= 4 is 47.6 Å². The van der Waals surface area contributed by atoms with Gasteiger partial charge in [0.25, 0.3) is 0 Å². The lowest BCUT2D eigenvalue weighted by molar-refractivity contribution is -0.371. The number of ether oxygens (including phenoxy) is 9. The van der Waals surface area contributed by atoms with Gasteiger partial charge in [0.1, 0.15) is 79.5 Å². The van der Waals surface area contributed by atoms with E-state index in [0.717, 1.165) is 0 Å². The van der Waals surface area contributed by atoms with E-state index >= 15 is 0 Å². The second-order valence-corrected chi connectivity index (χ2v) is 21.2. The van der Waals surface area contributed by atoms with Crippen LogP contribution in [-0.4, -0.2) is 261 Å². The minimum atomic E-state index is -5.66. The summed E-state index contributed by atoms with van der Waals surface area (Å²) in [7, 11) is -21.3. The summed E-state index contributed by atoms with van der Waals surface area (Å²) in [5, 5.41) is 88.2. The van der Waals surface area contributed by atoms with Crippen LogP contribution in [0.2, 0.25) is 0 Å². The number of carboxylic acids is 1. The maximum atomic E-state index is 12.5. The molecule has 38 nitrogen and oxygen atoms in total. The molecule has 0 radical (unpaired) electrons. The molecule has 42 heteroatoms. The largest absolute Gasteiger partial charge is 0.786 e. The number of carbonyl (C=O) groups is 1. The van der Waals surface area contributed by atoms with Crippen LogP contribution in [0.15, 0.2) is 0 Å². The lowest BCUT2D eigenvalue weighted by Gasteiger charge is -2.51. The number of carboxylic acid groups (broad SMARTS) is 1. The highest BCUT2D eigenvalue weighted by Crippen LogP contribution is 2.37. The molecule has 5 fully saturated rings. The van der Waals surface area contributed by atoms with Gasteiger partial charge in [0, 0.05) is 5.92 Å². The predicted molar refractivity (Wildman–Crippen MR) is 221 cm³/mol. The molecule has 0 saturated carbocycles. The summed E-state index contributed by atoms with van der Waals surface area (Å²) in [6, 6.07) is -4.79. The summed E-state index contributed by atoms with van der Waals surface area (Å²) < 4.78 is 197. The van der Waals surface area contributed by atoms with Crippen LogP contribution in [0.1, 0.15) is 13.8 Å². The lowest BCUT2D eigenvalue weighted by atomic mass is 9.88. The Bertz CT molecular complexity index is 2310. The molecule has 5 rings (SSSR count). The van der Waals surface area contributed by atoms with Gasteiger partial charge in [-0.05, 0) is 6.92 Å². The standard InChI is InChI=1S/C31H55N4O34S4/c1-6-11(32)28(66-23-19(41)24(69-73(54,55)56)31(68-26(23)35-44)64-21-10(5-59-72(51,52)53)60-7(2)12(33)16(21)38)62-9(4-58-71(48,49)50)20(6)63-30-18(40)17(39)22(25(67-30)27(42)43)65-29-13(34)15(37)14(36)8(61-29)3-57-70(45,46)47/h6-26,28-31,35-41H,3-5,32-34H2,1-2H3,(H,42,43)(H,45,46,47)(H,48,49,50)(H,51,52,53)(H,54,55,56)/q-1/t6-,7-,8?,9?,10?,11?,12?,13?,14-,15-,16-,17-,18?,19?,20+,21-,22+,23+,24?,25?,26-,28-,29-,30-,31-/m1/s1. The number of nitrogens with two attached hydrogens (primary N) is 3. The third-order valence-electron chi connectivity index (χ3n) is 11.9. The van der Waals surface area contributed by atoms with Crippen LogP contribution >= 0.6 is 0 Å². The van der Waals surface area contributed by atoms with E-state index in [1.54, 1.807) is 0 Å². The van der Waals surface area contributed by atoms with E-state index in [0.29, 0.717) is 0 Å². The molecule has 0 bridgehead atoms. The normalized spacial score (nSPS) is 44.4. The third-order valence-corrected chi connectivity index (χ3v) is 13.6. The highest BCUT2D eigenvalue weighted by molar-refractivity contribution is 7.81. The van der Waals surface area contributed by atoms with Crippen molar-refractivity contribution in [2.75, 3.05) is 19.8 Å². The predicted octanol–water partition coefficient (Wildman–Crippen LogP) is -10.2. The van der Waals surface area contributed by atoms with Crippen molar-refractivity contribution < 1.29 is 152 Å². The average molecular weight is 1160 g/mol. The first-order valence-corrected chi connectivity index (χ1v) is 26.3.